The Bertz CT molecular complexity index is 1320. The standard InChI is InChI=1S/C23H24F2N4O6S/c1-27-15-12-26-22(27)36(32,33)29-14-7-10-18(29)20(30)34-16-23(35-21(24)25,17-8-3-2-4-9-17)19-11-5-6-13-28(19)31/h2-6,8-9,11-13,15,18,21H,7,10,14,16H2,1H3/t18-,23?/m0/s1. The number of aryl methyl sites for hydroxylation is 1. The molecule has 0 N–H and O–H groups in total. The molecule has 0 bridgehead atoms. The molecule has 2 atom stereocenters. The number of halogens is 2. The van der Waals surface area contributed by atoms with Gasteiger partial charge in [-0.15, -0.1) is 0 Å². The van der Waals surface area contributed by atoms with E-state index in [-0.39, 0.29) is 29.4 Å². The van der Waals surface area contributed by atoms with Crippen molar-refractivity contribution in [2.75, 3.05) is 13.2 Å². The van der Waals surface area contributed by atoms with Gasteiger partial charge in [0.15, 0.2) is 6.20 Å². The summed E-state index contributed by atoms with van der Waals surface area (Å²) in [5, 5.41) is 12.4. The van der Waals surface area contributed by atoms with Crippen LogP contribution in [0.5, 0.6) is 0 Å². The number of esters is 1. The summed E-state index contributed by atoms with van der Waals surface area (Å²) in [6, 6.07) is 10.7. The third kappa shape index (κ3) is 4.81. The first-order valence-electron chi connectivity index (χ1n) is 11.0. The van der Waals surface area contributed by atoms with Crippen molar-refractivity contribution in [3.8, 4) is 0 Å². The van der Waals surface area contributed by atoms with E-state index in [1.54, 1.807) is 18.2 Å². The number of nitrogens with zero attached hydrogens (tertiary/aromatic N) is 4. The molecule has 0 radical (unpaired) electrons. The van der Waals surface area contributed by atoms with Gasteiger partial charge in [-0.05, 0) is 24.5 Å². The third-order valence-corrected chi connectivity index (χ3v) is 7.89. The molecule has 3 heterocycles. The van der Waals surface area contributed by atoms with Crippen LogP contribution in [0, 0.1) is 5.21 Å². The highest BCUT2D eigenvalue weighted by Crippen LogP contribution is 2.35. The molecule has 1 saturated heterocycles. The summed E-state index contributed by atoms with van der Waals surface area (Å²) in [6.07, 6.45) is 4.46. The molecule has 13 heteroatoms. The molecule has 0 saturated carbocycles. The van der Waals surface area contributed by atoms with Gasteiger partial charge in [-0.2, -0.15) is 17.8 Å². The number of hydrogen-bond donors (Lipinski definition) is 0. The quantitative estimate of drug-likeness (QED) is 0.239. The highest BCUT2D eigenvalue weighted by Gasteiger charge is 2.48. The molecule has 36 heavy (non-hydrogen) atoms. The van der Waals surface area contributed by atoms with E-state index >= 15 is 0 Å². The average molecular weight is 523 g/mol. The molecule has 2 aromatic heterocycles. The van der Waals surface area contributed by atoms with Gasteiger partial charge in [0.05, 0.1) is 0 Å². The summed E-state index contributed by atoms with van der Waals surface area (Å²) in [7, 11) is -2.61. The molecule has 1 aromatic carbocycles. The molecule has 0 spiro atoms. The number of ether oxygens (including phenoxy) is 2. The van der Waals surface area contributed by atoms with Gasteiger partial charge in [0, 0.05) is 38.1 Å². The summed E-state index contributed by atoms with van der Waals surface area (Å²) in [5.41, 5.74) is -2.23. The van der Waals surface area contributed by atoms with Crippen molar-refractivity contribution in [1.29, 1.82) is 0 Å². The summed E-state index contributed by atoms with van der Waals surface area (Å²) in [6.45, 7) is -4.05. The Balaban J connectivity index is 1.67. The zero-order chi connectivity index (χ0) is 25.9. The number of benzene rings is 1. The first-order chi connectivity index (χ1) is 17.2. The Morgan fingerprint density at radius 1 is 1.25 bits per heavy atom. The molecule has 1 unspecified atom stereocenters. The maximum absolute atomic E-state index is 13.7. The number of aromatic nitrogens is 3. The zero-order valence-corrected chi connectivity index (χ0v) is 20.1. The summed E-state index contributed by atoms with van der Waals surface area (Å²) >= 11 is 0. The van der Waals surface area contributed by atoms with Gasteiger partial charge in [-0.3, -0.25) is 9.53 Å². The third-order valence-electron chi connectivity index (χ3n) is 5.98. The first-order valence-corrected chi connectivity index (χ1v) is 12.5. The summed E-state index contributed by atoms with van der Waals surface area (Å²) < 4.78 is 66.8. The van der Waals surface area contributed by atoms with Gasteiger partial charge < -0.3 is 14.5 Å². The molecule has 10 nitrogen and oxygen atoms in total. The Morgan fingerprint density at radius 3 is 2.61 bits per heavy atom. The van der Waals surface area contributed by atoms with E-state index in [2.05, 4.69) is 4.98 Å². The zero-order valence-electron chi connectivity index (χ0n) is 19.2. The maximum atomic E-state index is 13.7. The smallest absolute Gasteiger partial charge is 0.346 e. The Morgan fingerprint density at radius 2 is 1.97 bits per heavy atom. The molecule has 1 aliphatic rings. The van der Waals surface area contributed by atoms with Gasteiger partial charge in [0.1, 0.15) is 12.6 Å². The second kappa shape index (κ2) is 10.3. The topological polar surface area (TPSA) is 118 Å². The normalized spacial score (nSPS) is 18.3. The molecule has 0 amide bonds. The van der Waals surface area contributed by atoms with Crippen LogP contribution in [0.2, 0.25) is 0 Å². The fourth-order valence-corrected chi connectivity index (χ4v) is 6.03. The molecule has 192 valence electrons. The molecular formula is C23H24F2N4O6S. The summed E-state index contributed by atoms with van der Waals surface area (Å²) in [5.74, 6) is -0.947. The number of imidazole rings is 1. The lowest BCUT2D eigenvalue weighted by Crippen LogP contribution is -2.49. The van der Waals surface area contributed by atoms with Crippen LogP contribution < -0.4 is 4.73 Å². The molecular weight excluding hydrogens is 498 g/mol. The number of carbonyl (C=O) groups excluding carboxylic acids is 1. The molecule has 4 rings (SSSR count). The van der Waals surface area contributed by atoms with Crippen LogP contribution in [0.4, 0.5) is 8.78 Å². The lowest BCUT2D eigenvalue weighted by Gasteiger charge is -2.32. The van der Waals surface area contributed by atoms with Gasteiger partial charge in [-0.25, -0.2) is 13.4 Å². The van der Waals surface area contributed by atoms with Crippen LogP contribution in [-0.2, 0) is 36.9 Å². The predicted octanol–water partition coefficient (Wildman–Crippen LogP) is 1.93. The predicted molar refractivity (Wildman–Crippen MR) is 121 cm³/mol. The SMILES string of the molecule is Cn1ccnc1S(=O)(=O)N1CCC[C@H]1C(=O)OCC(OC(F)F)(c1ccccc1)c1cccc[n+]1[O-]. The molecule has 1 fully saturated rings. The average Bonchev–Trinajstić information content (AvgIpc) is 3.52. The van der Waals surface area contributed by atoms with Crippen LogP contribution in [0.25, 0.3) is 0 Å². The van der Waals surface area contributed by atoms with E-state index in [1.165, 1.54) is 54.3 Å². The van der Waals surface area contributed by atoms with E-state index in [9.17, 15) is 27.2 Å². The monoisotopic (exact) mass is 522 g/mol. The molecule has 1 aliphatic heterocycles. The fraction of sp³-hybridized carbons (Fsp3) is 0.348. The van der Waals surface area contributed by atoms with Crippen molar-refractivity contribution < 1.29 is 36.2 Å². The van der Waals surface area contributed by atoms with Crippen molar-refractivity contribution in [2.24, 2.45) is 7.05 Å². The van der Waals surface area contributed by atoms with Crippen molar-refractivity contribution in [2.45, 2.75) is 36.3 Å². The van der Waals surface area contributed by atoms with Crippen molar-refractivity contribution in [3.63, 3.8) is 0 Å². The highest BCUT2D eigenvalue weighted by atomic mass is 32.2. The van der Waals surface area contributed by atoms with E-state index < -0.39 is 40.9 Å². The van der Waals surface area contributed by atoms with Crippen LogP contribution in [0.15, 0.2) is 72.3 Å². The number of carbonyl (C=O) groups is 1. The number of sulfonamides is 1. The molecule has 3 aromatic rings. The first kappa shape index (κ1) is 25.7. The lowest BCUT2D eigenvalue weighted by molar-refractivity contribution is -0.623. The van der Waals surface area contributed by atoms with E-state index in [4.69, 9.17) is 9.47 Å². The van der Waals surface area contributed by atoms with Crippen LogP contribution >= 0.6 is 0 Å². The highest BCUT2D eigenvalue weighted by molar-refractivity contribution is 7.89. The second-order valence-corrected chi connectivity index (χ2v) is 9.97. The minimum Gasteiger partial charge on any atom is -0.618 e. The van der Waals surface area contributed by atoms with E-state index in [1.807, 2.05) is 0 Å². The van der Waals surface area contributed by atoms with Crippen LogP contribution in [-0.4, -0.2) is 54.0 Å². The molecule has 0 aliphatic carbocycles. The minimum atomic E-state index is -4.13. The van der Waals surface area contributed by atoms with Crippen molar-refractivity contribution >= 4 is 16.0 Å². The largest absolute Gasteiger partial charge is 0.618 e. The van der Waals surface area contributed by atoms with Crippen LogP contribution in [0.1, 0.15) is 24.1 Å². The van der Waals surface area contributed by atoms with Gasteiger partial charge >= 0.3 is 12.6 Å². The maximum Gasteiger partial charge on any atom is 0.346 e. The Kier molecular flexibility index (Phi) is 7.33. The second-order valence-electron chi connectivity index (χ2n) is 8.19. The number of alkyl halides is 2. The number of rotatable bonds is 9. The summed E-state index contributed by atoms with van der Waals surface area (Å²) in [4.78, 5) is 17.0. The van der Waals surface area contributed by atoms with Gasteiger partial charge in [0.25, 0.3) is 10.0 Å². The number of pyridine rings is 1. The minimum absolute atomic E-state index is 0.0611. The Labute approximate surface area is 206 Å². The fourth-order valence-electron chi connectivity index (χ4n) is 4.31. The van der Waals surface area contributed by atoms with E-state index in [0.717, 1.165) is 10.5 Å². The van der Waals surface area contributed by atoms with Crippen molar-refractivity contribution in [1.82, 2.24) is 13.9 Å². The van der Waals surface area contributed by atoms with Crippen molar-refractivity contribution in [3.05, 3.63) is 83.6 Å². The van der Waals surface area contributed by atoms with E-state index in [0.29, 0.717) is 11.2 Å². The number of hydrogen-bond acceptors (Lipinski definition) is 7. The van der Waals surface area contributed by atoms with Gasteiger partial charge in [-0.1, -0.05) is 30.3 Å². The Hall–Kier alpha value is -3.42. The lowest BCUT2D eigenvalue weighted by atomic mass is 9.90. The van der Waals surface area contributed by atoms with Gasteiger partial charge in [0.2, 0.25) is 16.5 Å². The van der Waals surface area contributed by atoms with Crippen LogP contribution in [0.3, 0.4) is 0 Å².